The summed E-state index contributed by atoms with van der Waals surface area (Å²) >= 11 is 0. The number of amides is 4. The molecule has 3 atom stereocenters. The van der Waals surface area contributed by atoms with E-state index in [-0.39, 0.29) is 37.1 Å². The Morgan fingerprint density at radius 1 is 0.979 bits per heavy atom. The van der Waals surface area contributed by atoms with E-state index >= 15 is 0 Å². The number of nitrogens with one attached hydrogen (secondary N) is 3. The minimum atomic E-state index is -1.16. The van der Waals surface area contributed by atoms with Crippen LogP contribution in [0, 0.1) is 12.8 Å². The maximum atomic E-state index is 14.0. The highest BCUT2D eigenvalue weighted by molar-refractivity contribution is 5.95. The van der Waals surface area contributed by atoms with Crippen molar-refractivity contribution >= 4 is 23.6 Å². The molecule has 4 amide bonds. The number of fused-ring (bicyclic) bond motifs is 4. The molecule has 0 saturated carbocycles. The fourth-order valence-corrected chi connectivity index (χ4v) is 6.33. The predicted octanol–water partition coefficient (Wildman–Crippen LogP) is 3.88. The van der Waals surface area contributed by atoms with Gasteiger partial charge in [-0.1, -0.05) is 48.5 Å². The summed E-state index contributed by atoms with van der Waals surface area (Å²) in [6, 6.07) is 20.7. The highest BCUT2D eigenvalue weighted by atomic mass is 16.5. The van der Waals surface area contributed by atoms with Crippen LogP contribution in [0.4, 0.5) is 0 Å². The van der Waals surface area contributed by atoms with Crippen molar-refractivity contribution in [2.45, 2.75) is 70.5 Å². The summed E-state index contributed by atoms with van der Waals surface area (Å²) in [7, 11) is 1.55. The lowest BCUT2D eigenvalue weighted by molar-refractivity contribution is -0.138. The molecule has 3 N–H and O–H groups in total. The van der Waals surface area contributed by atoms with Crippen molar-refractivity contribution < 1.29 is 28.7 Å². The quantitative estimate of drug-likeness (QED) is 0.355. The number of carbonyl (C=O) groups is 4. The fourth-order valence-electron chi connectivity index (χ4n) is 6.33. The molecule has 1 saturated heterocycles. The minimum Gasteiger partial charge on any atom is -0.497 e. The zero-order valence-corrected chi connectivity index (χ0v) is 27.8. The van der Waals surface area contributed by atoms with Crippen LogP contribution in [-0.2, 0) is 38.6 Å². The van der Waals surface area contributed by atoms with E-state index in [2.05, 4.69) is 16.0 Å². The first-order valence-corrected chi connectivity index (χ1v) is 16.8. The molecular weight excluding hydrogens is 608 g/mol. The molecule has 4 bridgehead atoms. The van der Waals surface area contributed by atoms with Gasteiger partial charge < -0.3 is 30.3 Å². The molecule has 10 nitrogen and oxygen atoms in total. The Kier molecular flexibility index (Phi) is 12.1. The van der Waals surface area contributed by atoms with Gasteiger partial charge in [-0.25, -0.2) is 0 Å². The average Bonchev–Trinajstić information content (AvgIpc) is 3.09. The molecule has 0 aliphatic carbocycles. The van der Waals surface area contributed by atoms with Crippen molar-refractivity contribution in [1.29, 1.82) is 0 Å². The standard InChI is InChI=1S/C38H46N4O6/c1-26-13-15-32-22-30(26)24-39-37(45)33(16-14-27-8-4-3-5-9-27)41-38(46)34(40-35(43)21-29-10-6-12-31(20-29)47-2)23-36(44)42-18-7-11-28(25-42)17-19-48-32/h3-6,8-10,12-13,15,20,22,28,33-34H,7,11,14,16-19,21,23-25H2,1-2H3,(H,39,45)(H,40,43)(H,41,46)/t28?,33-,34?/m0/s1. The van der Waals surface area contributed by atoms with Gasteiger partial charge in [0.05, 0.1) is 26.6 Å². The highest BCUT2D eigenvalue weighted by Gasteiger charge is 2.32. The molecule has 0 radical (unpaired) electrons. The van der Waals surface area contributed by atoms with Gasteiger partial charge in [-0.2, -0.15) is 0 Å². The number of nitrogens with zero attached hydrogens (tertiary/aromatic N) is 1. The Labute approximate surface area is 282 Å². The van der Waals surface area contributed by atoms with Crippen LogP contribution in [0.1, 0.15) is 54.4 Å². The third-order valence-electron chi connectivity index (χ3n) is 9.17. The minimum absolute atomic E-state index is 0.00268. The first-order chi connectivity index (χ1) is 23.3. The Balaban J connectivity index is 1.40. The van der Waals surface area contributed by atoms with Crippen molar-refractivity contribution in [3.05, 3.63) is 95.1 Å². The van der Waals surface area contributed by atoms with Crippen LogP contribution in [0.2, 0.25) is 0 Å². The van der Waals surface area contributed by atoms with Crippen molar-refractivity contribution in [3.8, 4) is 11.5 Å². The van der Waals surface area contributed by atoms with Crippen LogP contribution < -0.4 is 25.4 Å². The van der Waals surface area contributed by atoms with Gasteiger partial charge in [0, 0.05) is 19.6 Å². The molecule has 254 valence electrons. The van der Waals surface area contributed by atoms with Gasteiger partial charge in [0.1, 0.15) is 23.6 Å². The van der Waals surface area contributed by atoms with Crippen molar-refractivity contribution in [1.82, 2.24) is 20.9 Å². The van der Waals surface area contributed by atoms with Crippen LogP contribution in [-0.4, -0.2) is 67.4 Å². The zero-order chi connectivity index (χ0) is 33.9. The third-order valence-corrected chi connectivity index (χ3v) is 9.17. The summed E-state index contributed by atoms with van der Waals surface area (Å²) in [6.07, 6.45) is 3.29. The number of hydrogen-bond donors (Lipinski definition) is 3. The first-order valence-electron chi connectivity index (χ1n) is 16.8. The van der Waals surface area contributed by atoms with E-state index in [9.17, 15) is 19.2 Å². The summed E-state index contributed by atoms with van der Waals surface area (Å²) in [5.41, 5.74) is 3.67. The Morgan fingerprint density at radius 2 is 1.79 bits per heavy atom. The smallest absolute Gasteiger partial charge is 0.243 e. The Hall–Kier alpha value is -4.86. The molecule has 3 aromatic carbocycles. The maximum Gasteiger partial charge on any atom is 0.243 e. The van der Waals surface area contributed by atoms with Gasteiger partial charge in [-0.05, 0) is 91.5 Å². The summed E-state index contributed by atoms with van der Waals surface area (Å²) < 4.78 is 11.4. The summed E-state index contributed by atoms with van der Waals surface area (Å²) in [5, 5.41) is 8.70. The number of carbonyl (C=O) groups excluding carboxylic acids is 4. The second-order valence-corrected chi connectivity index (χ2v) is 12.7. The van der Waals surface area contributed by atoms with E-state index in [4.69, 9.17) is 9.47 Å². The lowest BCUT2D eigenvalue weighted by Gasteiger charge is -2.34. The predicted molar refractivity (Wildman–Crippen MR) is 182 cm³/mol. The van der Waals surface area contributed by atoms with Crippen LogP contribution in [0.25, 0.3) is 0 Å². The number of benzene rings is 3. The fraction of sp³-hybridized carbons (Fsp3) is 0.421. The van der Waals surface area contributed by atoms with E-state index in [0.717, 1.165) is 41.7 Å². The summed E-state index contributed by atoms with van der Waals surface area (Å²) in [5.74, 6) is 0.0715. The van der Waals surface area contributed by atoms with Crippen LogP contribution >= 0.6 is 0 Å². The molecule has 2 unspecified atom stereocenters. The SMILES string of the molecule is COc1cccc(CC(=O)NC2CC(=O)N3CCCC(CCOc4ccc(C)c(c4)CNC(=O)[C@H](CCc4ccccc4)NC2=O)C3)c1. The van der Waals surface area contributed by atoms with Crippen molar-refractivity contribution in [3.63, 3.8) is 0 Å². The molecule has 10 heteroatoms. The van der Waals surface area contributed by atoms with Gasteiger partial charge in [0.2, 0.25) is 23.6 Å². The van der Waals surface area contributed by atoms with E-state index in [0.29, 0.717) is 43.9 Å². The molecule has 2 aliphatic rings. The normalized spacial score (nSPS) is 20.8. The monoisotopic (exact) mass is 654 g/mol. The van der Waals surface area contributed by atoms with Gasteiger partial charge in [-0.3, -0.25) is 19.2 Å². The van der Waals surface area contributed by atoms with Gasteiger partial charge in [0.25, 0.3) is 0 Å². The molecule has 5 rings (SSSR count). The molecule has 2 aliphatic heterocycles. The van der Waals surface area contributed by atoms with E-state index < -0.39 is 23.9 Å². The number of piperidine rings is 1. The highest BCUT2D eigenvalue weighted by Crippen LogP contribution is 2.23. The van der Waals surface area contributed by atoms with Gasteiger partial charge in [0.15, 0.2) is 0 Å². The summed E-state index contributed by atoms with van der Waals surface area (Å²) in [6.45, 7) is 3.91. The number of methoxy groups -OCH3 is 1. The molecule has 1 fully saturated rings. The number of hydrogen-bond acceptors (Lipinski definition) is 6. The maximum absolute atomic E-state index is 14.0. The summed E-state index contributed by atoms with van der Waals surface area (Å²) in [4.78, 5) is 56.4. The van der Waals surface area contributed by atoms with E-state index in [1.54, 1.807) is 36.3 Å². The number of rotatable bonds is 7. The van der Waals surface area contributed by atoms with Crippen LogP contribution in [0.15, 0.2) is 72.8 Å². The van der Waals surface area contributed by atoms with Crippen LogP contribution in [0.3, 0.4) is 0 Å². The third kappa shape index (κ3) is 9.82. The topological polar surface area (TPSA) is 126 Å². The second-order valence-electron chi connectivity index (χ2n) is 12.7. The molecule has 48 heavy (non-hydrogen) atoms. The Morgan fingerprint density at radius 3 is 2.60 bits per heavy atom. The number of ether oxygens (including phenoxy) is 2. The largest absolute Gasteiger partial charge is 0.497 e. The molecule has 2 heterocycles. The molecular formula is C38H46N4O6. The average molecular weight is 655 g/mol. The van der Waals surface area contributed by atoms with Crippen LogP contribution in [0.5, 0.6) is 11.5 Å². The molecule has 0 aromatic heterocycles. The van der Waals surface area contributed by atoms with Crippen molar-refractivity contribution in [2.75, 3.05) is 26.8 Å². The molecule has 3 aromatic rings. The van der Waals surface area contributed by atoms with Gasteiger partial charge in [-0.15, -0.1) is 0 Å². The lowest BCUT2D eigenvalue weighted by Crippen LogP contribution is -2.55. The first kappa shape index (κ1) is 34.5. The number of aryl methyl sites for hydroxylation is 2. The second kappa shape index (κ2) is 16.8. The van der Waals surface area contributed by atoms with E-state index in [1.807, 2.05) is 55.5 Å². The Bertz CT molecular complexity index is 1580. The molecule has 0 spiro atoms. The van der Waals surface area contributed by atoms with Gasteiger partial charge >= 0.3 is 0 Å². The zero-order valence-electron chi connectivity index (χ0n) is 27.8. The van der Waals surface area contributed by atoms with E-state index in [1.165, 1.54) is 0 Å². The lowest BCUT2D eigenvalue weighted by atomic mass is 9.94. The van der Waals surface area contributed by atoms with Crippen molar-refractivity contribution in [2.24, 2.45) is 5.92 Å².